The van der Waals surface area contributed by atoms with E-state index in [1.54, 1.807) is 19.1 Å². The van der Waals surface area contributed by atoms with E-state index >= 15 is 0 Å². The van der Waals surface area contributed by atoms with E-state index in [0.29, 0.717) is 26.2 Å². The molecule has 1 aromatic heterocycles. The van der Waals surface area contributed by atoms with Crippen LogP contribution in [0.4, 0.5) is 15.2 Å². The smallest absolute Gasteiger partial charge is 0.301 e. The molecule has 1 fully saturated rings. The molecular formula is C29H24ClFN4O3S2. The molecule has 204 valence electrons. The van der Waals surface area contributed by atoms with Crippen LogP contribution in [0, 0.1) is 12.7 Å². The minimum atomic E-state index is -0.991. The Labute approximate surface area is 243 Å². The van der Waals surface area contributed by atoms with E-state index in [-0.39, 0.29) is 16.3 Å². The molecule has 40 heavy (non-hydrogen) atoms. The maximum absolute atomic E-state index is 14.4. The normalized spacial score (nSPS) is 16.5. The first-order valence-corrected chi connectivity index (χ1v) is 14.4. The lowest BCUT2D eigenvalue weighted by atomic mass is 9.95. The summed E-state index contributed by atoms with van der Waals surface area (Å²) in [5.74, 6) is -2.19. The fraction of sp³-hybridized carbons (Fsp3) is 0.172. The second-order valence-electron chi connectivity index (χ2n) is 9.35. The number of ketones is 1. The number of aliphatic hydroxyl groups excluding tert-OH is 1. The molecule has 0 aliphatic carbocycles. The average Bonchev–Trinajstić information content (AvgIpc) is 3.51. The molecule has 0 spiro atoms. The van der Waals surface area contributed by atoms with Crippen molar-refractivity contribution in [2.75, 3.05) is 23.9 Å². The maximum atomic E-state index is 14.4. The number of halogens is 2. The number of aliphatic hydroxyl groups is 1. The first-order valence-electron chi connectivity index (χ1n) is 12.2. The molecule has 5 rings (SSSR count). The third-order valence-corrected chi connectivity index (χ3v) is 9.00. The molecule has 1 atom stereocenters. The van der Waals surface area contributed by atoms with Crippen LogP contribution in [0.25, 0.3) is 5.76 Å². The average molecular weight is 595 g/mol. The van der Waals surface area contributed by atoms with Crippen molar-refractivity contribution in [1.82, 2.24) is 10.2 Å². The van der Waals surface area contributed by atoms with Gasteiger partial charge in [-0.25, -0.2) is 4.39 Å². The molecule has 11 heteroatoms. The number of hydrogen-bond donors (Lipinski definition) is 1. The molecule has 1 amide bonds. The van der Waals surface area contributed by atoms with Gasteiger partial charge in [-0.2, -0.15) is 0 Å². The van der Waals surface area contributed by atoms with Crippen molar-refractivity contribution in [3.63, 3.8) is 0 Å². The highest BCUT2D eigenvalue weighted by atomic mass is 35.5. The van der Waals surface area contributed by atoms with Crippen LogP contribution in [0.15, 0.2) is 76.6 Å². The lowest BCUT2D eigenvalue weighted by molar-refractivity contribution is -0.132. The van der Waals surface area contributed by atoms with Crippen molar-refractivity contribution in [3.8, 4) is 0 Å². The number of benzene rings is 3. The van der Waals surface area contributed by atoms with Gasteiger partial charge in [0.15, 0.2) is 4.34 Å². The highest BCUT2D eigenvalue weighted by Crippen LogP contribution is 2.44. The van der Waals surface area contributed by atoms with Crippen LogP contribution < -0.4 is 9.80 Å². The van der Waals surface area contributed by atoms with E-state index in [4.69, 9.17) is 11.6 Å². The molecule has 1 N–H and O–H groups in total. The second kappa shape index (κ2) is 11.4. The Kier molecular flexibility index (Phi) is 7.93. The summed E-state index contributed by atoms with van der Waals surface area (Å²) < 4.78 is 15.0. The number of thioether (sulfide) groups is 1. The van der Waals surface area contributed by atoms with Crippen molar-refractivity contribution in [3.05, 3.63) is 105 Å². The van der Waals surface area contributed by atoms with Crippen LogP contribution in [0.1, 0.15) is 28.3 Å². The molecule has 1 aliphatic rings. The molecular weight excluding hydrogens is 571 g/mol. The van der Waals surface area contributed by atoms with Crippen LogP contribution in [-0.2, 0) is 15.3 Å². The Bertz CT molecular complexity index is 1640. The Hall–Kier alpha value is -3.73. The third kappa shape index (κ3) is 5.34. The van der Waals surface area contributed by atoms with Crippen LogP contribution >= 0.6 is 34.7 Å². The first-order chi connectivity index (χ1) is 19.2. The Balaban J connectivity index is 1.56. The Morgan fingerprint density at radius 3 is 2.50 bits per heavy atom. The number of aryl methyl sites for hydroxylation is 1. The molecule has 2 heterocycles. The number of carbonyl (C=O) groups is 2. The summed E-state index contributed by atoms with van der Waals surface area (Å²) in [4.78, 5) is 30.0. The minimum Gasteiger partial charge on any atom is -0.507 e. The van der Waals surface area contributed by atoms with E-state index in [1.165, 1.54) is 28.8 Å². The summed E-state index contributed by atoms with van der Waals surface area (Å²) in [6.07, 6.45) is 0. The Morgan fingerprint density at radius 2 is 1.82 bits per heavy atom. The quantitative estimate of drug-likeness (QED) is 0.0845. The van der Waals surface area contributed by atoms with E-state index < -0.39 is 29.3 Å². The van der Waals surface area contributed by atoms with E-state index in [1.807, 2.05) is 55.4 Å². The number of nitrogens with zero attached hydrogens (tertiary/aromatic N) is 4. The van der Waals surface area contributed by atoms with Gasteiger partial charge < -0.3 is 10.0 Å². The van der Waals surface area contributed by atoms with Gasteiger partial charge >= 0.3 is 5.91 Å². The van der Waals surface area contributed by atoms with Crippen LogP contribution in [0.2, 0.25) is 5.02 Å². The largest absolute Gasteiger partial charge is 0.507 e. The number of Topliss-reactive ketones (excluding diaryl/α,β-unsaturated/α-hetero) is 1. The number of anilines is 2. The highest BCUT2D eigenvalue weighted by Gasteiger charge is 2.48. The maximum Gasteiger partial charge on any atom is 0.301 e. The van der Waals surface area contributed by atoms with Gasteiger partial charge in [-0.05, 0) is 47.9 Å². The molecule has 0 bridgehead atoms. The van der Waals surface area contributed by atoms with Gasteiger partial charge in [-0.1, -0.05) is 77.2 Å². The standard InChI is InChI=1S/C29H24ClFN4O3S2/c1-16-8-9-18(14-22(16)31)25(36)23-24(17-10-12-20(13-11-17)34(2)3)35(27(38)26(23)37)28-32-33-29(40-28)39-15-19-6-4-5-7-21(19)30/h4-14,24,36H,15H2,1-3H3/t24-/m0/s1. The fourth-order valence-electron chi connectivity index (χ4n) is 4.31. The third-order valence-electron chi connectivity index (χ3n) is 6.53. The molecule has 1 saturated heterocycles. The molecule has 1 aliphatic heterocycles. The van der Waals surface area contributed by atoms with Crippen molar-refractivity contribution < 1.29 is 19.1 Å². The highest BCUT2D eigenvalue weighted by molar-refractivity contribution is 8.00. The molecule has 0 radical (unpaired) electrons. The number of carbonyl (C=O) groups excluding carboxylic acids is 2. The number of aromatic nitrogens is 2. The SMILES string of the molecule is Cc1ccc(C(O)=C2C(=O)C(=O)N(c3nnc(SCc4ccccc4Cl)s3)[C@H]2c2ccc(N(C)C)cc2)cc1F. The summed E-state index contributed by atoms with van der Waals surface area (Å²) in [7, 11) is 3.80. The summed E-state index contributed by atoms with van der Waals surface area (Å²) in [6.45, 7) is 1.60. The molecule has 0 unspecified atom stereocenters. The van der Waals surface area contributed by atoms with Gasteiger partial charge in [-0.3, -0.25) is 14.5 Å². The van der Waals surface area contributed by atoms with Gasteiger partial charge in [0, 0.05) is 36.1 Å². The molecule has 4 aromatic rings. The second-order valence-corrected chi connectivity index (χ2v) is 11.9. The number of hydrogen-bond acceptors (Lipinski definition) is 8. The number of amides is 1. The molecule has 3 aromatic carbocycles. The van der Waals surface area contributed by atoms with Crippen molar-refractivity contribution in [1.29, 1.82) is 0 Å². The summed E-state index contributed by atoms with van der Waals surface area (Å²) in [5.41, 5.74) is 2.77. The molecule has 0 saturated carbocycles. The predicted octanol–water partition coefficient (Wildman–Crippen LogP) is 6.62. The van der Waals surface area contributed by atoms with Gasteiger partial charge in [0.25, 0.3) is 5.78 Å². The van der Waals surface area contributed by atoms with Gasteiger partial charge in [0.05, 0.1) is 11.6 Å². The fourth-order valence-corrected chi connectivity index (χ4v) is 6.46. The van der Waals surface area contributed by atoms with E-state index in [0.717, 1.165) is 28.7 Å². The van der Waals surface area contributed by atoms with Gasteiger partial charge in [0.1, 0.15) is 11.6 Å². The first kappa shape index (κ1) is 27.8. The lowest BCUT2D eigenvalue weighted by Gasteiger charge is -2.23. The lowest BCUT2D eigenvalue weighted by Crippen LogP contribution is -2.29. The zero-order valence-corrected chi connectivity index (χ0v) is 24.1. The van der Waals surface area contributed by atoms with Crippen molar-refractivity contribution in [2.24, 2.45) is 0 Å². The topological polar surface area (TPSA) is 86.6 Å². The van der Waals surface area contributed by atoms with Crippen LogP contribution in [-0.4, -0.2) is 41.1 Å². The zero-order valence-electron chi connectivity index (χ0n) is 21.8. The van der Waals surface area contributed by atoms with Crippen molar-refractivity contribution >= 4 is 63.0 Å². The number of rotatable bonds is 7. The summed E-state index contributed by atoms with van der Waals surface area (Å²) in [5, 5.41) is 20.6. The minimum absolute atomic E-state index is 0.101. The Morgan fingerprint density at radius 1 is 1.10 bits per heavy atom. The van der Waals surface area contributed by atoms with Crippen LogP contribution in [0.3, 0.4) is 0 Å². The molecule has 7 nitrogen and oxygen atoms in total. The monoisotopic (exact) mass is 594 g/mol. The van der Waals surface area contributed by atoms with Crippen LogP contribution in [0.5, 0.6) is 0 Å². The van der Waals surface area contributed by atoms with Gasteiger partial charge in [-0.15, -0.1) is 10.2 Å². The summed E-state index contributed by atoms with van der Waals surface area (Å²) >= 11 is 8.84. The summed E-state index contributed by atoms with van der Waals surface area (Å²) in [6, 6.07) is 17.9. The predicted molar refractivity (Wildman–Crippen MR) is 158 cm³/mol. The van der Waals surface area contributed by atoms with Gasteiger partial charge in [0.2, 0.25) is 5.13 Å². The van der Waals surface area contributed by atoms with E-state index in [9.17, 15) is 19.1 Å². The van der Waals surface area contributed by atoms with E-state index in [2.05, 4.69) is 10.2 Å². The zero-order chi connectivity index (χ0) is 28.6. The van der Waals surface area contributed by atoms with Crippen molar-refractivity contribution in [2.45, 2.75) is 23.1 Å².